The summed E-state index contributed by atoms with van der Waals surface area (Å²) in [6, 6.07) is 13.6. The molecule has 4 N–H and O–H groups in total. The van der Waals surface area contributed by atoms with Crippen LogP contribution in [0.15, 0.2) is 48.5 Å². The third-order valence-electron chi connectivity index (χ3n) is 7.10. The minimum atomic E-state index is -0.562. The van der Waals surface area contributed by atoms with Crippen LogP contribution >= 0.6 is 0 Å². The monoisotopic (exact) mass is 550 g/mol. The number of methoxy groups -OCH3 is 2. The summed E-state index contributed by atoms with van der Waals surface area (Å²) < 4.78 is 12.3. The van der Waals surface area contributed by atoms with Gasteiger partial charge in [0.15, 0.2) is 0 Å². The summed E-state index contributed by atoms with van der Waals surface area (Å²) in [6.07, 6.45) is 2.82. The van der Waals surface area contributed by atoms with Crippen molar-refractivity contribution in [2.75, 3.05) is 45.8 Å². The first kappa shape index (κ1) is 29.0. The molecule has 2 atom stereocenters. The lowest BCUT2D eigenvalue weighted by Crippen LogP contribution is -2.45. The second-order valence-corrected chi connectivity index (χ2v) is 9.97. The number of nitrogens with one attached hydrogen (secondary N) is 2. The molecule has 3 aromatic rings. The summed E-state index contributed by atoms with van der Waals surface area (Å²) >= 11 is 0. The van der Waals surface area contributed by atoms with Crippen LogP contribution in [0.5, 0.6) is 0 Å². The number of aromatic nitrogens is 2. The van der Waals surface area contributed by atoms with E-state index in [4.69, 9.17) is 20.2 Å². The van der Waals surface area contributed by atoms with E-state index in [1.54, 1.807) is 31.4 Å². The summed E-state index contributed by atoms with van der Waals surface area (Å²) in [5.41, 5.74) is 8.84. The van der Waals surface area contributed by atoms with E-state index < -0.39 is 18.0 Å². The summed E-state index contributed by atoms with van der Waals surface area (Å²) in [6.45, 7) is 2.83. The second kappa shape index (κ2) is 13.9. The van der Waals surface area contributed by atoms with E-state index in [1.165, 1.54) is 7.11 Å². The Labute approximate surface area is 234 Å². The number of carbonyl (C=O) groups is 3. The Morgan fingerprint density at radius 3 is 2.70 bits per heavy atom. The number of nitrogens with zero attached hydrogens (tertiary/aromatic N) is 3. The molecule has 1 aliphatic heterocycles. The molecular formula is C29H38N6O5. The van der Waals surface area contributed by atoms with E-state index in [2.05, 4.69) is 21.3 Å². The van der Waals surface area contributed by atoms with Gasteiger partial charge >= 0.3 is 12.0 Å². The number of urea groups is 1. The number of carbonyl (C=O) groups excluding carboxylic acids is 3. The van der Waals surface area contributed by atoms with E-state index in [1.807, 2.05) is 23.1 Å². The number of fused-ring (bicyclic) bond motifs is 1. The molecular weight excluding hydrogens is 512 g/mol. The van der Waals surface area contributed by atoms with E-state index in [0.717, 1.165) is 42.7 Å². The van der Waals surface area contributed by atoms with Crippen molar-refractivity contribution in [1.29, 1.82) is 0 Å². The second-order valence-electron chi connectivity index (χ2n) is 9.97. The maximum Gasteiger partial charge on any atom is 0.339 e. The molecule has 1 saturated heterocycles. The molecule has 0 unspecified atom stereocenters. The van der Waals surface area contributed by atoms with Crippen LogP contribution in [0, 0.1) is 0 Å². The topological polar surface area (TPSA) is 141 Å². The molecule has 11 heteroatoms. The van der Waals surface area contributed by atoms with Crippen LogP contribution in [0.2, 0.25) is 0 Å². The first-order chi connectivity index (χ1) is 19.4. The van der Waals surface area contributed by atoms with Gasteiger partial charge in [0.1, 0.15) is 5.82 Å². The standard InChI is InChI=1S/C29H38N6O5/c1-39-16-8-15-35-25-13-6-5-12-24(25)32-27(35)20-9-7-14-34(19-20)26(36)17-21(30)18-31-29(38)33-23-11-4-3-10-22(23)28(37)40-2/h3-6,10-13,20-21H,7-9,14-19,30H2,1-2H3,(H2,31,33,38)/t20-,21-/m1/s1. The highest BCUT2D eigenvalue weighted by Crippen LogP contribution is 2.30. The number of anilines is 1. The van der Waals surface area contributed by atoms with Crippen LogP contribution in [0.3, 0.4) is 0 Å². The van der Waals surface area contributed by atoms with Crippen molar-refractivity contribution >= 4 is 34.6 Å². The number of ether oxygens (including phenoxy) is 2. The number of esters is 1. The molecule has 0 saturated carbocycles. The molecule has 1 fully saturated rings. The van der Waals surface area contributed by atoms with Gasteiger partial charge in [0.2, 0.25) is 5.91 Å². The van der Waals surface area contributed by atoms with Crippen LogP contribution in [-0.2, 0) is 20.8 Å². The maximum absolute atomic E-state index is 13.2. The summed E-state index contributed by atoms with van der Waals surface area (Å²) in [5, 5.41) is 5.32. The van der Waals surface area contributed by atoms with Gasteiger partial charge in [0.05, 0.1) is 29.4 Å². The van der Waals surface area contributed by atoms with Crippen molar-refractivity contribution in [3.63, 3.8) is 0 Å². The van der Waals surface area contributed by atoms with Gasteiger partial charge in [-0.15, -0.1) is 0 Å². The zero-order valence-corrected chi connectivity index (χ0v) is 23.1. The van der Waals surface area contributed by atoms with Gasteiger partial charge in [0.25, 0.3) is 0 Å². The van der Waals surface area contributed by atoms with Crippen molar-refractivity contribution in [2.45, 2.75) is 44.2 Å². The van der Waals surface area contributed by atoms with Gasteiger partial charge in [-0.3, -0.25) is 4.79 Å². The largest absolute Gasteiger partial charge is 0.465 e. The highest BCUT2D eigenvalue weighted by atomic mass is 16.5. The van der Waals surface area contributed by atoms with Crippen LogP contribution < -0.4 is 16.4 Å². The molecule has 0 spiro atoms. The van der Waals surface area contributed by atoms with Crippen LogP contribution in [-0.4, -0.2) is 78.9 Å². The Bertz CT molecular complexity index is 1330. The zero-order valence-electron chi connectivity index (χ0n) is 23.1. The number of hydrogen-bond acceptors (Lipinski definition) is 7. The number of nitrogens with two attached hydrogens (primary N) is 1. The average Bonchev–Trinajstić information content (AvgIpc) is 3.35. The Hall–Kier alpha value is -3.96. The van der Waals surface area contributed by atoms with Crippen LogP contribution in [0.25, 0.3) is 11.0 Å². The fourth-order valence-corrected chi connectivity index (χ4v) is 5.12. The molecule has 40 heavy (non-hydrogen) atoms. The lowest BCUT2D eigenvalue weighted by atomic mass is 9.96. The van der Waals surface area contributed by atoms with Gasteiger partial charge < -0.3 is 35.3 Å². The third kappa shape index (κ3) is 7.16. The third-order valence-corrected chi connectivity index (χ3v) is 7.10. The van der Waals surface area contributed by atoms with Crippen molar-refractivity contribution in [2.24, 2.45) is 5.73 Å². The molecule has 0 aliphatic carbocycles. The Balaban J connectivity index is 1.32. The minimum absolute atomic E-state index is 0.0440. The predicted octanol–water partition coefficient (Wildman–Crippen LogP) is 3.10. The number of para-hydroxylation sites is 3. The first-order valence-corrected chi connectivity index (χ1v) is 13.6. The number of likely N-dealkylation sites (tertiary alicyclic amines) is 1. The van der Waals surface area contributed by atoms with Gasteiger partial charge in [-0.05, 0) is 43.5 Å². The highest BCUT2D eigenvalue weighted by Gasteiger charge is 2.29. The normalized spacial score (nSPS) is 16.0. The summed E-state index contributed by atoms with van der Waals surface area (Å²) in [4.78, 5) is 44.3. The van der Waals surface area contributed by atoms with E-state index in [0.29, 0.717) is 25.4 Å². The average molecular weight is 551 g/mol. The van der Waals surface area contributed by atoms with E-state index in [-0.39, 0.29) is 30.4 Å². The number of aryl methyl sites for hydroxylation is 1. The lowest BCUT2D eigenvalue weighted by Gasteiger charge is -2.33. The number of amides is 3. The number of rotatable bonds is 11. The van der Waals surface area contributed by atoms with Crippen molar-refractivity contribution in [3.8, 4) is 0 Å². The molecule has 2 aromatic carbocycles. The molecule has 1 aliphatic rings. The highest BCUT2D eigenvalue weighted by molar-refractivity contribution is 6.00. The zero-order chi connectivity index (χ0) is 28.5. The molecule has 0 bridgehead atoms. The number of hydrogen-bond donors (Lipinski definition) is 3. The van der Waals surface area contributed by atoms with Crippen LogP contribution in [0.1, 0.15) is 47.8 Å². The number of imidazole rings is 1. The van der Waals surface area contributed by atoms with Gasteiger partial charge in [-0.2, -0.15) is 0 Å². The first-order valence-electron chi connectivity index (χ1n) is 13.6. The minimum Gasteiger partial charge on any atom is -0.465 e. The smallest absolute Gasteiger partial charge is 0.339 e. The Morgan fingerprint density at radius 1 is 1.12 bits per heavy atom. The van der Waals surface area contributed by atoms with Crippen molar-refractivity contribution in [3.05, 3.63) is 59.9 Å². The van der Waals surface area contributed by atoms with Crippen LogP contribution in [0.4, 0.5) is 10.5 Å². The maximum atomic E-state index is 13.2. The molecule has 3 amide bonds. The lowest BCUT2D eigenvalue weighted by molar-refractivity contribution is -0.132. The fraction of sp³-hybridized carbons (Fsp3) is 0.448. The Kier molecular flexibility index (Phi) is 10.1. The van der Waals surface area contributed by atoms with Gasteiger partial charge in [-0.1, -0.05) is 24.3 Å². The number of piperidine rings is 1. The van der Waals surface area contributed by atoms with Gasteiger partial charge in [0, 0.05) is 58.3 Å². The SMILES string of the molecule is COCCCn1c([C@@H]2CCCN(C(=O)C[C@@H](N)CNC(=O)Nc3ccccc3C(=O)OC)C2)nc2ccccc21. The number of benzene rings is 2. The quantitative estimate of drug-likeness (QED) is 0.246. The molecule has 11 nitrogen and oxygen atoms in total. The van der Waals surface area contributed by atoms with E-state index in [9.17, 15) is 14.4 Å². The molecule has 2 heterocycles. The van der Waals surface area contributed by atoms with Crippen molar-refractivity contribution in [1.82, 2.24) is 19.8 Å². The van der Waals surface area contributed by atoms with Gasteiger partial charge in [-0.25, -0.2) is 14.6 Å². The molecule has 1 aromatic heterocycles. The predicted molar refractivity (Wildman–Crippen MR) is 152 cm³/mol. The van der Waals surface area contributed by atoms with E-state index >= 15 is 0 Å². The molecule has 4 rings (SSSR count). The summed E-state index contributed by atoms with van der Waals surface area (Å²) in [5.74, 6) is 0.536. The summed E-state index contributed by atoms with van der Waals surface area (Å²) in [7, 11) is 2.98. The molecule has 214 valence electrons. The van der Waals surface area contributed by atoms with Crippen molar-refractivity contribution < 1.29 is 23.9 Å². The Morgan fingerprint density at radius 2 is 1.90 bits per heavy atom. The molecule has 0 radical (unpaired) electrons. The fourth-order valence-electron chi connectivity index (χ4n) is 5.12.